The van der Waals surface area contributed by atoms with Crippen LogP contribution in [-0.4, -0.2) is 30.8 Å². The first-order valence-corrected chi connectivity index (χ1v) is 7.50. The molecule has 0 saturated heterocycles. The molecule has 0 spiro atoms. The number of amides is 1. The number of hydrogen-bond donors (Lipinski definition) is 2. The van der Waals surface area contributed by atoms with Crippen LogP contribution in [0.4, 0.5) is 11.6 Å². The van der Waals surface area contributed by atoms with Gasteiger partial charge in [0.1, 0.15) is 11.6 Å². The van der Waals surface area contributed by atoms with Gasteiger partial charge >= 0.3 is 0 Å². The molecule has 120 valence electrons. The van der Waals surface area contributed by atoms with Crippen molar-refractivity contribution in [1.29, 1.82) is 0 Å². The Kier molecular flexibility index (Phi) is 3.23. The van der Waals surface area contributed by atoms with E-state index in [1.54, 1.807) is 23.5 Å². The fraction of sp³-hybridized carbons (Fsp3) is 0.188. The Hall–Kier alpha value is -3.29. The smallest absolute Gasteiger partial charge is 0.233 e. The molecule has 3 aromatic heterocycles. The van der Waals surface area contributed by atoms with Gasteiger partial charge in [0.2, 0.25) is 5.91 Å². The number of nitrogens with one attached hydrogen (secondary N) is 1. The van der Waals surface area contributed by atoms with Crippen LogP contribution in [0.2, 0.25) is 0 Å². The van der Waals surface area contributed by atoms with E-state index in [1.165, 1.54) is 0 Å². The van der Waals surface area contributed by atoms with Crippen molar-refractivity contribution in [3.8, 4) is 11.6 Å². The summed E-state index contributed by atoms with van der Waals surface area (Å²) in [5.74, 6) is 1.69. The van der Waals surface area contributed by atoms with E-state index in [0.717, 1.165) is 11.3 Å². The number of aromatic nitrogens is 5. The summed E-state index contributed by atoms with van der Waals surface area (Å²) in [4.78, 5) is 34.1. The zero-order chi connectivity index (χ0) is 16.7. The molecule has 8 heteroatoms. The molecule has 4 rings (SSSR count). The van der Waals surface area contributed by atoms with Crippen molar-refractivity contribution in [2.24, 2.45) is 0 Å². The van der Waals surface area contributed by atoms with Crippen LogP contribution in [0.25, 0.3) is 11.6 Å². The van der Waals surface area contributed by atoms with Gasteiger partial charge in [-0.25, -0.2) is 15.0 Å². The Balaban J connectivity index is 1.74. The molecule has 3 N–H and O–H groups in total. The van der Waals surface area contributed by atoms with Crippen LogP contribution in [0.15, 0.2) is 30.7 Å². The molecule has 1 aliphatic rings. The molecule has 0 radical (unpaired) electrons. The number of anilines is 2. The Morgan fingerprint density at radius 3 is 2.88 bits per heavy atom. The number of aromatic amines is 1. The molecular weight excluding hydrogens is 306 g/mol. The van der Waals surface area contributed by atoms with Gasteiger partial charge in [-0.1, -0.05) is 6.07 Å². The number of H-pyrrole nitrogens is 1. The van der Waals surface area contributed by atoms with Crippen molar-refractivity contribution < 1.29 is 4.79 Å². The summed E-state index contributed by atoms with van der Waals surface area (Å²) in [5.41, 5.74) is 8.55. The molecule has 24 heavy (non-hydrogen) atoms. The summed E-state index contributed by atoms with van der Waals surface area (Å²) in [6.45, 7) is 2.32. The van der Waals surface area contributed by atoms with Crippen LogP contribution in [0.3, 0.4) is 0 Å². The molecule has 8 nitrogen and oxygen atoms in total. The van der Waals surface area contributed by atoms with E-state index in [-0.39, 0.29) is 12.3 Å². The second-order valence-corrected chi connectivity index (χ2v) is 5.64. The van der Waals surface area contributed by atoms with Gasteiger partial charge in [0.05, 0.1) is 13.0 Å². The van der Waals surface area contributed by atoms with E-state index in [9.17, 15) is 4.79 Å². The molecule has 0 unspecified atom stereocenters. The standard InChI is InChI=1S/C16H15N7O/c1-9-2-3-10(7-20-9)8-23-12(24)6-11-13(17)21-15(22-16(11)23)14-18-4-5-19-14/h2-5,7H,6,8H2,1H3,(H,18,19)(H2,17,21,22). The van der Waals surface area contributed by atoms with Crippen molar-refractivity contribution in [2.75, 3.05) is 10.6 Å². The summed E-state index contributed by atoms with van der Waals surface area (Å²) < 4.78 is 0. The maximum absolute atomic E-state index is 12.4. The summed E-state index contributed by atoms with van der Waals surface area (Å²) in [5, 5.41) is 0. The molecule has 0 aliphatic carbocycles. The normalized spacial score (nSPS) is 13.4. The zero-order valence-corrected chi connectivity index (χ0v) is 13.0. The highest BCUT2D eigenvalue weighted by molar-refractivity contribution is 6.01. The number of rotatable bonds is 3. The van der Waals surface area contributed by atoms with Gasteiger partial charge < -0.3 is 10.7 Å². The van der Waals surface area contributed by atoms with Gasteiger partial charge in [0.15, 0.2) is 11.6 Å². The van der Waals surface area contributed by atoms with Crippen LogP contribution >= 0.6 is 0 Å². The number of nitrogens with two attached hydrogens (primary N) is 1. The molecule has 0 atom stereocenters. The van der Waals surface area contributed by atoms with Crippen LogP contribution in [0, 0.1) is 6.92 Å². The van der Waals surface area contributed by atoms with Gasteiger partial charge in [-0.3, -0.25) is 14.7 Å². The third-order valence-electron chi connectivity index (χ3n) is 3.93. The van der Waals surface area contributed by atoms with Crippen LogP contribution in [-0.2, 0) is 17.8 Å². The number of aryl methyl sites for hydroxylation is 1. The monoisotopic (exact) mass is 321 g/mol. The highest BCUT2D eigenvalue weighted by Gasteiger charge is 2.32. The molecule has 0 aromatic carbocycles. The number of carbonyl (C=O) groups excluding carboxylic acids is 1. The molecule has 0 fully saturated rings. The van der Waals surface area contributed by atoms with E-state index >= 15 is 0 Å². The van der Waals surface area contributed by atoms with Crippen molar-refractivity contribution in [2.45, 2.75) is 19.9 Å². The van der Waals surface area contributed by atoms with E-state index in [0.29, 0.717) is 35.4 Å². The quantitative estimate of drug-likeness (QED) is 0.750. The summed E-state index contributed by atoms with van der Waals surface area (Å²) >= 11 is 0. The van der Waals surface area contributed by atoms with Crippen LogP contribution in [0.1, 0.15) is 16.8 Å². The topological polar surface area (TPSA) is 114 Å². The van der Waals surface area contributed by atoms with Crippen LogP contribution < -0.4 is 10.6 Å². The van der Waals surface area contributed by atoms with Crippen molar-refractivity contribution in [3.05, 3.63) is 47.5 Å². The third kappa shape index (κ3) is 2.37. The number of pyridine rings is 1. The number of hydrogen-bond acceptors (Lipinski definition) is 6. The van der Waals surface area contributed by atoms with Gasteiger partial charge in [-0.05, 0) is 18.6 Å². The Morgan fingerprint density at radius 1 is 1.29 bits per heavy atom. The first kappa shape index (κ1) is 14.3. The van der Waals surface area contributed by atoms with Gasteiger partial charge in [0, 0.05) is 29.8 Å². The van der Waals surface area contributed by atoms with E-state index < -0.39 is 0 Å². The van der Waals surface area contributed by atoms with Crippen LogP contribution in [0.5, 0.6) is 0 Å². The first-order chi connectivity index (χ1) is 11.6. The SMILES string of the molecule is Cc1ccc(CN2C(=O)Cc3c(N)nc(-c4ncc[nH]4)nc32)cn1. The van der Waals surface area contributed by atoms with Gasteiger partial charge in [-0.2, -0.15) is 0 Å². The predicted molar refractivity (Wildman–Crippen MR) is 87.9 cm³/mol. The number of nitrogen functional groups attached to an aromatic ring is 1. The maximum Gasteiger partial charge on any atom is 0.233 e. The van der Waals surface area contributed by atoms with Crippen molar-refractivity contribution in [1.82, 2.24) is 24.9 Å². The molecule has 0 bridgehead atoms. The first-order valence-electron chi connectivity index (χ1n) is 7.50. The predicted octanol–water partition coefficient (Wildman–Crippen LogP) is 1.24. The third-order valence-corrected chi connectivity index (χ3v) is 3.93. The lowest BCUT2D eigenvalue weighted by atomic mass is 10.2. The Bertz CT molecular complexity index is 903. The molecular formula is C16H15N7O. The molecule has 4 heterocycles. The average Bonchev–Trinajstić information content (AvgIpc) is 3.19. The van der Waals surface area contributed by atoms with E-state index in [2.05, 4.69) is 24.9 Å². The van der Waals surface area contributed by atoms with Crippen molar-refractivity contribution in [3.63, 3.8) is 0 Å². The Labute approximate surface area is 137 Å². The minimum atomic E-state index is -0.0526. The fourth-order valence-electron chi connectivity index (χ4n) is 2.68. The molecule has 0 saturated carbocycles. The summed E-state index contributed by atoms with van der Waals surface area (Å²) in [6.07, 6.45) is 5.27. The largest absolute Gasteiger partial charge is 0.383 e. The fourth-order valence-corrected chi connectivity index (χ4v) is 2.68. The maximum atomic E-state index is 12.4. The zero-order valence-electron chi connectivity index (χ0n) is 13.0. The average molecular weight is 321 g/mol. The summed E-state index contributed by atoms with van der Waals surface area (Å²) in [6, 6.07) is 3.87. The molecule has 1 amide bonds. The lowest BCUT2D eigenvalue weighted by Crippen LogP contribution is -2.26. The van der Waals surface area contributed by atoms with Crippen molar-refractivity contribution >= 4 is 17.5 Å². The number of carbonyl (C=O) groups is 1. The minimum Gasteiger partial charge on any atom is -0.383 e. The molecule has 3 aromatic rings. The highest BCUT2D eigenvalue weighted by atomic mass is 16.2. The minimum absolute atomic E-state index is 0.0526. The Morgan fingerprint density at radius 2 is 2.17 bits per heavy atom. The van der Waals surface area contributed by atoms with E-state index in [1.807, 2.05) is 19.1 Å². The number of imidazole rings is 1. The number of fused-ring (bicyclic) bond motifs is 1. The van der Waals surface area contributed by atoms with Gasteiger partial charge in [0.25, 0.3) is 0 Å². The lowest BCUT2D eigenvalue weighted by Gasteiger charge is -2.17. The lowest BCUT2D eigenvalue weighted by molar-refractivity contribution is -0.117. The number of nitrogens with zero attached hydrogens (tertiary/aromatic N) is 5. The highest BCUT2D eigenvalue weighted by Crippen LogP contribution is 2.33. The second-order valence-electron chi connectivity index (χ2n) is 5.64. The van der Waals surface area contributed by atoms with E-state index in [4.69, 9.17) is 5.73 Å². The summed E-state index contributed by atoms with van der Waals surface area (Å²) in [7, 11) is 0. The second kappa shape index (κ2) is 5.41. The van der Waals surface area contributed by atoms with Gasteiger partial charge in [-0.15, -0.1) is 0 Å². The molecule has 1 aliphatic heterocycles.